The fourth-order valence-corrected chi connectivity index (χ4v) is 3.62. The van der Waals surface area contributed by atoms with Gasteiger partial charge in [-0.2, -0.15) is 13.2 Å². The number of carbonyl (C=O) groups is 1. The molecule has 1 aliphatic heterocycles. The maximum atomic E-state index is 13.3. The molecule has 0 radical (unpaired) electrons. The molecular weight excluding hydrogens is 440 g/mol. The molecular formula is C16H27Cl2F3N4O2S. The Hall–Kier alpha value is -0.650. The molecule has 0 bridgehead atoms. The lowest BCUT2D eigenvalue weighted by Crippen LogP contribution is -2.57. The van der Waals surface area contributed by atoms with E-state index in [4.69, 9.17) is 4.74 Å². The minimum atomic E-state index is -4.38. The number of thiazole rings is 1. The Kier molecular flexibility index (Phi) is 12.5. The van der Waals surface area contributed by atoms with E-state index in [2.05, 4.69) is 15.6 Å². The molecule has 164 valence electrons. The standard InChI is InChI=1S/C16H25F3N4O2S.2ClH/c1-3-25-11(2)15-22-12(10-26-15)8-14(24)21-9-13(16(17,18)19)23-6-4-20-5-7-23;;/h10-11,13,20H,3-9H2,1-2H3,(H,21,24);2*1H. The van der Waals surface area contributed by atoms with Crippen molar-refractivity contribution in [3.8, 4) is 0 Å². The minimum absolute atomic E-state index is 0. The van der Waals surface area contributed by atoms with Gasteiger partial charge in [-0.3, -0.25) is 9.69 Å². The lowest BCUT2D eigenvalue weighted by Gasteiger charge is -2.35. The highest BCUT2D eigenvalue weighted by Crippen LogP contribution is 2.25. The molecule has 1 aromatic rings. The summed E-state index contributed by atoms with van der Waals surface area (Å²) in [6.45, 7) is 5.51. The Morgan fingerprint density at radius 3 is 2.61 bits per heavy atom. The Balaban J connectivity index is 0.00000364. The van der Waals surface area contributed by atoms with Crippen molar-refractivity contribution in [2.24, 2.45) is 0 Å². The first-order valence-electron chi connectivity index (χ1n) is 8.65. The second-order valence-electron chi connectivity index (χ2n) is 6.10. The van der Waals surface area contributed by atoms with Crippen molar-refractivity contribution >= 4 is 42.1 Å². The van der Waals surface area contributed by atoms with Crippen LogP contribution >= 0.6 is 36.2 Å². The topological polar surface area (TPSA) is 66.5 Å². The zero-order valence-corrected chi connectivity index (χ0v) is 18.2. The maximum Gasteiger partial charge on any atom is 0.405 e. The average molecular weight is 467 g/mol. The van der Waals surface area contributed by atoms with Gasteiger partial charge in [0.15, 0.2) is 0 Å². The SMILES string of the molecule is CCOC(C)c1nc(CC(=O)NCC(N2CCNCC2)C(F)(F)F)cs1.Cl.Cl. The van der Waals surface area contributed by atoms with E-state index in [9.17, 15) is 18.0 Å². The number of hydrogen-bond donors (Lipinski definition) is 2. The summed E-state index contributed by atoms with van der Waals surface area (Å²) in [5.74, 6) is -0.463. The molecule has 2 N–H and O–H groups in total. The zero-order valence-electron chi connectivity index (χ0n) is 15.8. The maximum absolute atomic E-state index is 13.3. The second kappa shape index (κ2) is 12.8. The van der Waals surface area contributed by atoms with Crippen LogP contribution in [0.5, 0.6) is 0 Å². The number of nitrogens with zero attached hydrogens (tertiary/aromatic N) is 2. The number of halogens is 5. The molecule has 12 heteroatoms. The number of piperazine rings is 1. The second-order valence-corrected chi connectivity index (χ2v) is 6.99. The van der Waals surface area contributed by atoms with Crippen LogP contribution in [0.25, 0.3) is 0 Å². The lowest BCUT2D eigenvalue weighted by molar-refractivity contribution is -0.184. The highest BCUT2D eigenvalue weighted by Gasteiger charge is 2.43. The van der Waals surface area contributed by atoms with Crippen LogP contribution in [0.15, 0.2) is 5.38 Å². The molecule has 2 rings (SSSR count). The van der Waals surface area contributed by atoms with Crippen molar-refractivity contribution in [2.45, 2.75) is 38.6 Å². The Labute approximate surface area is 179 Å². The molecule has 2 unspecified atom stereocenters. The zero-order chi connectivity index (χ0) is 19.2. The molecule has 1 saturated heterocycles. The summed E-state index contributed by atoms with van der Waals surface area (Å²) < 4.78 is 45.4. The minimum Gasteiger partial charge on any atom is -0.372 e. The first-order valence-corrected chi connectivity index (χ1v) is 9.53. The van der Waals surface area contributed by atoms with Crippen molar-refractivity contribution in [1.29, 1.82) is 0 Å². The van der Waals surface area contributed by atoms with E-state index in [1.165, 1.54) is 16.2 Å². The number of carbonyl (C=O) groups excluding carboxylic acids is 1. The summed E-state index contributed by atoms with van der Waals surface area (Å²) in [6.07, 6.45) is -4.59. The van der Waals surface area contributed by atoms with Crippen LogP contribution in [0.3, 0.4) is 0 Å². The third-order valence-electron chi connectivity index (χ3n) is 4.14. The third-order valence-corrected chi connectivity index (χ3v) is 5.19. The first kappa shape index (κ1) is 27.4. The van der Waals surface area contributed by atoms with Crippen LogP contribution in [-0.2, 0) is 16.0 Å². The van der Waals surface area contributed by atoms with Gasteiger partial charge in [0.2, 0.25) is 5.91 Å². The highest BCUT2D eigenvalue weighted by molar-refractivity contribution is 7.09. The number of hydrogen-bond acceptors (Lipinski definition) is 6. The Morgan fingerprint density at radius 2 is 2.04 bits per heavy atom. The van der Waals surface area contributed by atoms with Crippen LogP contribution < -0.4 is 10.6 Å². The van der Waals surface area contributed by atoms with Gasteiger partial charge in [0, 0.05) is 44.7 Å². The van der Waals surface area contributed by atoms with Crippen molar-refractivity contribution < 1.29 is 22.7 Å². The fourth-order valence-electron chi connectivity index (χ4n) is 2.80. The van der Waals surface area contributed by atoms with Gasteiger partial charge in [-0.15, -0.1) is 36.2 Å². The van der Waals surface area contributed by atoms with E-state index >= 15 is 0 Å². The largest absolute Gasteiger partial charge is 0.405 e. The number of amides is 1. The number of alkyl halides is 3. The predicted molar refractivity (Wildman–Crippen MR) is 108 cm³/mol. The molecule has 28 heavy (non-hydrogen) atoms. The average Bonchev–Trinajstić information content (AvgIpc) is 3.03. The summed E-state index contributed by atoms with van der Waals surface area (Å²) in [5, 5.41) is 7.93. The van der Waals surface area contributed by atoms with Crippen molar-refractivity contribution in [3.05, 3.63) is 16.1 Å². The van der Waals surface area contributed by atoms with Crippen LogP contribution in [0.2, 0.25) is 0 Å². The quantitative estimate of drug-likeness (QED) is 0.616. The summed E-state index contributed by atoms with van der Waals surface area (Å²) in [4.78, 5) is 17.7. The smallest absolute Gasteiger partial charge is 0.372 e. The van der Waals surface area contributed by atoms with Crippen molar-refractivity contribution in [3.63, 3.8) is 0 Å². The summed E-state index contributed by atoms with van der Waals surface area (Å²) in [5.41, 5.74) is 0.541. The van der Waals surface area contributed by atoms with E-state index in [-0.39, 0.29) is 37.3 Å². The molecule has 1 aromatic heterocycles. The van der Waals surface area contributed by atoms with Crippen molar-refractivity contribution in [2.75, 3.05) is 39.3 Å². The Morgan fingerprint density at radius 1 is 1.39 bits per heavy atom. The van der Waals surface area contributed by atoms with Gasteiger partial charge in [0.05, 0.1) is 12.1 Å². The first-order chi connectivity index (χ1) is 12.3. The number of ether oxygens (including phenoxy) is 1. The van der Waals surface area contributed by atoms with Crippen LogP contribution in [0, 0.1) is 0 Å². The molecule has 0 aromatic carbocycles. The molecule has 1 aliphatic rings. The van der Waals surface area contributed by atoms with E-state index in [0.717, 1.165) is 5.01 Å². The van der Waals surface area contributed by atoms with Crippen molar-refractivity contribution in [1.82, 2.24) is 20.5 Å². The van der Waals surface area contributed by atoms with Gasteiger partial charge in [-0.05, 0) is 13.8 Å². The summed E-state index contributed by atoms with van der Waals surface area (Å²) in [7, 11) is 0. The third kappa shape index (κ3) is 8.38. The Bertz CT molecular complexity index is 586. The molecule has 2 atom stereocenters. The predicted octanol–water partition coefficient (Wildman–Crippen LogP) is 2.58. The summed E-state index contributed by atoms with van der Waals surface area (Å²) >= 11 is 1.38. The molecule has 0 spiro atoms. The molecule has 1 fully saturated rings. The number of aromatic nitrogens is 1. The van der Waals surface area contributed by atoms with Gasteiger partial charge < -0.3 is 15.4 Å². The molecule has 1 amide bonds. The van der Waals surface area contributed by atoms with Gasteiger partial charge in [0.25, 0.3) is 0 Å². The van der Waals surface area contributed by atoms with Crippen LogP contribution in [0.4, 0.5) is 13.2 Å². The van der Waals surface area contributed by atoms with Crippen LogP contribution in [0.1, 0.15) is 30.7 Å². The van der Waals surface area contributed by atoms with Gasteiger partial charge in [-0.25, -0.2) is 4.98 Å². The van der Waals surface area contributed by atoms with Gasteiger partial charge in [-0.1, -0.05) is 0 Å². The molecule has 6 nitrogen and oxygen atoms in total. The highest BCUT2D eigenvalue weighted by atomic mass is 35.5. The normalized spacial score (nSPS) is 17.2. The number of rotatable bonds is 8. The van der Waals surface area contributed by atoms with Crippen LogP contribution in [-0.4, -0.2) is 67.3 Å². The lowest BCUT2D eigenvalue weighted by atomic mass is 10.2. The van der Waals surface area contributed by atoms with Gasteiger partial charge >= 0.3 is 6.18 Å². The van der Waals surface area contributed by atoms with Gasteiger partial charge in [0.1, 0.15) is 17.2 Å². The molecule has 0 saturated carbocycles. The molecule has 2 heterocycles. The van der Waals surface area contributed by atoms with E-state index in [1.807, 2.05) is 13.8 Å². The monoisotopic (exact) mass is 466 g/mol. The van der Waals surface area contributed by atoms with E-state index in [0.29, 0.717) is 38.5 Å². The fraction of sp³-hybridized carbons (Fsp3) is 0.750. The summed E-state index contributed by atoms with van der Waals surface area (Å²) in [6, 6.07) is -1.67. The molecule has 0 aliphatic carbocycles. The number of nitrogens with one attached hydrogen (secondary N) is 2. The van der Waals surface area contributed by atoms with E-state index in [1.54, 1.807) is 5.38 Å². The van der Waals surface area contributed by atoms with E-state index < -0.39 is 24.7 Å².